The Hall–Kier alpha value is -1.62. The van der Waals surface area contributed by atoms with E-state index in [1.54, 1.807) is 6.20 Å². The van der Waals surface area contributed by atoms with Crippen molar-refractivity contribution in [3.63, 3.8) is 0 Å². The summed E-state index contributed by atoms with van der Waals surface area (Å²) in [6, 6.07) is 4.06. The molecule has 4 nitrogen and oxygen atoms in total. The maximum absolute atomic E-state index is 12.5. The topological polar surface area (TPSA) is 68.0 Å². The minimum absolute atomic E-state index is 0.0572. The van der Waals surface area contributed by atoms with E-state index < -0.39 is 0 Å². The van der Waals surface area contributed by atoms with Gasteiger partial charge in [-0.1, -0.05) is 20.3 Å². The van der Waals surface area contributed by atoms with Crippen molar-refractivity contribution in [2.24, 2.45) is 5.41 Å². The number of nitrogens with two attached hydrogens (primary N) is 1. The van der Waals surface area contributed by atoms with Crippen molar-refractivity contribution in [2.75, 3.05) is 5.73 Å². The van der Waals surface area contributed by atoms with Gasteiger partial charge >= 0.3 is 0 Å². The maximum atomic E-state index is 12.5. The number of carbonyl (C=O) groups is 1. The fourth-order valence-corrected chi connectivity index (χ4v) is 4.17. The van der Waals surface area contributed by atoms with Crippen LogP contribution >= 0.6 is 11.3 Å². The third-order valence-electron chi connectivity index (χ3n) is 4.23. The van der Waals surface area contributed by atoms with E-state index in [1.807, 2.05) is 12.1 Å². The quantitative estimate of drug-likeness (QED) is 0.891. The van der Waals surface area contributed by atoms with E-state index in [2.05, 4.69) is 24.1 Å². The number of thiophene rings is 1. The van der Waals surface area contributed by atoms with Crippen molar-refractivity contribution >= 4 is 33.1 Å². The van der Waals surface area contributed by atoms with Crippen LogP contribution < -0.4 is 11.1 Å². The van der Waals surface area contributed by atoms with Crippen LogP contribution in [-0.4, -0.2) is 16.9 Å². The summed E-state index contributed by atoms with van der Waals surface area (Å²) in [5.41, 5.74) is 7.63. The molecule has 3 rings (SSSR count). The fourth-order valence-electron chi connectivity index (χ4n) is 3.19. The van der Waals surface area contributed by atoms with Crippen molar-refractivity contribution in [1.82, 2.24) is 10.3 Å². The third kappa shape index (κ3) is 2.88. The van der Waals surface area contributed by atoms with Gasteiger partial charge in [0.25, 0.3) is 5.91 Å². The number of fused-ring (bicyclic) bond motifs is 1. The van der Waals surface area contributed by atoms with Crippen LogP contribution in [0.3, 0.4) is 0 Å². The van der Waals surface area contributed by atoms with Gasteiger partial charge in [0.15, 0.2) is 0 Å². The van der Waals surface area contributed by atoms with Crippen molar-refractivity contribution in [2.45, 2.75) is 45.6 Å². The molecular weight excluding hydrogens is 282 g/mol. The molecule has 2 aromatic heterocycles. The second-order valence-electron chi connectivity index (χ2n) is 6.63. The average molecular weight is 303 g/mol. The van der Waals surface area contributed by atoms with Crippen LogP contribution in [0.4, 0.5) is 5.69 Å². The molecule has 1 fully saturated rings. The van der Waals surface area contributed by atoms with Gasteiger partial charge < -0.3 is 11.1 Å². The molecule has 0 spiro atoms. The summed E-state index contributed by atoms with van der Waals surface area (Å²) in [4.78, 5) is 17.4. The molecular formula is C16H21N3OS. The van der Waals surface area contributed by atoms with Crippen molar-refractivity contribution in [3.05, 3.63) is 23.2 Å². The molecule has 5 heteroatoms. The normalized spacial score (nSPS) is 21.3. The molecule has 1 unspecified atom stereocenters. The number of rotatable bonds is 2. The van der Waals surface area contributed by atoms with E-state index in [-0.39, 0.29) is 11.9 Å². The van der Waals surface area contributed by atoms with E-state index in [4.69, 9.17) is 5.73 Å². The molecule has 0 aliphatic heterocycles. The Bertz CT molecular complexity index is 677. The number of carbonyl (C=O) groups excluding carboxylic acids is 1. The van der Waals surface area contributed by atoms with Crippen LogP contribution in [0.2, 0.25) is 0 Å². The number of pyridine rings is 1. The third-order valence-corrected chi connectivity index (χ3v) is 5.39. The van der Waals surface area contributed by atoms with Crippen LogP contribution in [0.25, 0.3) is 10.2 Å². The fraction of sp³-hybridized carbons (Fsp3) is 0.500. The Morgan fingerprint density at radius 3 is 3.05 bits per heavy atom. The number of amides is 1. The highest BCUT2D eigenvalue weighted by molar-refractivity contribution is 7.21. The van der Waals surface area contributed by atoms with E-state index in [0.29, 0.717) is 16.0 Å². The average Bonchev–Trinajstić information content (AvgIpc) is 2.76. The summed E-state index contributed by atoms with van der Waals surface area (Å²) in [7, 11) is 0. The lowest BCUT2D eigenvalue weighted by Gasteiger charge is -2.35. The second kappa shape index (κ2) is 5.30. The summed E-state index contributed by atoms with van der Waals surface area (Å²) >= 11 is 1.42. The van der Waals surface area contributed by atoms with E-state index in [1.165, 1.54) is 24.2 Å². The van der Waals surface area contributed by atoms with Crippen LogP contribution in [0.1, 0.15) is 49.2 Å². The SMILES string of the molecule is CC1(C)CCCC(NC(=O)c2sc3cccnc3c2N)C1. The monoisotopic (exact) mass is 303 g/mol. The van der Waals surface area contributed by atoms with Crippen molar-refractivity contribution < 1.29 is 4.79 Å². The van der Waals surface area contributed by atoms with Crippen LogP contribution in [0.5, 0.6) is 0 Å². The first-order valence-corrected chi connectivity index (χ1v) is 8.22. The van der Waals surface area contributed by atoms with Gasteiger partial charge in [-0.25, -0.2) is 0 Å². The Balaban J connectivity index is 1.79. The lowest BCUT2D eigenvalue weighted by Crippen LogP contribution is -2.40. The zero-order chi connectivity index (χ0) is 15.0. The molecule has 21 heavy (non-hydrogen) atoms. The smallest absolute Gasteiger partial charge is 0.263 e. The van der Waals surface area contributed by atoms with E-state index in [0.717, 1.165) is 23.1 Å². The zero-order valence-electron chi connectivity index (χ0n) is 12.5. The minimum Gasteiger partial charge on any atom is -0.396 e. The van der Waals surface area contributed by atoms with E-state index in [9.17, 15) is 4.79 Å². The molecule has 112 valence electrons. The summed E-state index contributed by atoms with van der Waals surface area (Å²) in [6.07, 6.45) is 6.19. The van der Waals surface area contributed by atoms with Gasteiger partial charge in [0, 0.05) is 12.2 Å². The molecule has 0 bridgehead atoms. The molecule has 1 aliphatic rings. The number of nitrogen functional groups attached to an aromatic ring is 1. The predicted molar refractivity (Wildman–Crippen MR) is 87.5 cm³/mol. The van der Waals surface area contributed by atoms with Crippen LogP contribution in [0, 0.1) is 5.41 Å². The first-order chi connectivity index (χ1) is 9.96. The van der Waals surface area contributed by atoms with E-state index >= 15 is 0 Å². The highest BCUT2D eigenvalue weighted by Gasteiger charge is 2.29. The van der Waals surface area contributed by atoms with Gasteiger partial charge in [-0.3, -0.25) is 9.78 Å². The predicted octanol–water partition coefficient (Wildman–Crippen LogP) is 3.58. The summed E-state index contributed by atoms with van der Waals surface area (Å²) in [6.45, 7) is 4.53. The Kier molecular flexibility index (Phi) is 3.61. The lowest BCUT2D eigenvalue weighted by molar-refractivity contribution is 0.0907. The van der Waals surface area contributed by atoms with Crippen molar-refractivity contribution in [3.8, 4) is 0 Å². The van der Waals surface area contributed by atoms with Gasteiger partial charge in [-0.2, -0.15) is 0 Å². The highest BCUT2D eigenvalue weighted by atomic mass is 32.1. The molecule has 1 saturated carbocycles. The molecule has 2 aromatic rings. The summed E-state index contributed by atoms with van der Waals surface area (Å²) in [5, 5.41) is 3.16. The molecule has 0 radical (unpaired) electrons. The summed E-state index contributed by atoms with van der Waals surface area (Å²) in [5.74, 6) is -0.0572. The molecule has 1 atom stereocenters. The molecule has 0 aromatic carbocycles. The zero-order valence-corrected chi connectivity index (χ0v) is 13.3. The second-order valence-corrected chi connectivity index (χ2v) is 7.68. The molecule has 0 saturated heterocycles. The minimum atomic E-state index is -0.0572. The molecule has 3 N–H and O–H groups in total. The first kappa shape index (κ1) is 14.3. The number of anilines is 1. The molecule has 1 amide bonds. The van der Waals surface area contributed by atoms with Gasteiger partial charge in [-0.15, -0.1) is 11.3 Å². The number of hydrogen-bond donors (Lipinski definition) is 2. The largest absolute Gasteiger partial charge is 0.396 e. The number of hydrogen-bond acceptors (Lipinski definition) is 4. The Morgan fingerprint density at radius 2 is 2.33 bits per heavy atom. The standard InChI is InChI=1S/C16H21N3OS/c1-16(2)7-3-5-10(9-16)19-15(20)14-12(17)13-11(21-14)6-4-8-18-13/h4,6,8,10H,3,5,7,9,17H2,1-2H3,(H,19,20). The Morgan fingerprint density at radius 1 is 1.52 bits per heavy atom. The lowest BCUT2D eigenvalue weighted by atomic mass is 9.75. The molecule has 1 aliphatic carbocycles. The Labute approximate surface area is 128 Å². The van der Waals surface area contributed by atoms with Gasteiger partial charge in [-0.05, 0) is 36.8 Å². The van der Waals surface area contributed by atoms with Gasteiger partial charge in [0.2, 0.25) is 0 Å². The van der Waals surface area contributed by atoms with Crippen LogP contribution in [0.15, 0.2) is 18.3 Å². The summed E-state index contributed by atoms with van der Waals surface area (Å²) < 4.78 is 0.962. The maximum Gasteiger partial charge on any atom is 0.263 e. The van der Waals surface area contributed by atoms with Gasteiger partial charge in [0.05, 0.1) is 10.4 Å². The number of nitrogens with one attached hydrogen (secondary N) is 1. The number of aromatic nitrogens is 1. The highest BCUT2D eigenvalue weighted by Crippen LogP contribution is 2.36. The number of nitrogens with zero attached hydrogens (tertiary/aromatic N) is 1. The van der Waals surface area contributed by atoms with Gasteiger partial charge in [0.1, 0.15) is 10.4 Å². The molecule has 2 heterocycles. The first-order valence-electron chi connectivity index (χ1n) is 7.40. The van der Waals surface area contributed by atoms with Crippen molar-refractivity contribution in [1.29, 1.82) is 0 Å². The van der Waals surface area contributed by atoms with Crippen LogP contribution in [-0.2, 0) is 0 Å².